The van der Waals surface area contributed by atoms with Gasteiger partial charge in [0, 0.05) is 32.4 Å². The number of morpholine rings is 2. The fourth-order valence-electron chi connectivity index (χ4n) is 2.90. The van der Waals surface area contributed by atoms with E-state index >= 15 is 0 Å². The minimum Gasteiger partial charge on any atom is -0.378 e. The summed E-state index contributed by atoms with van der Waals surface area (Å²) < 4.78 is 10.8. The third-order valence-corrected chi connectivity index (χ3v) is 4.32. The number of pyridine rings is 1. The molecule has 2 aromatic rings. The largest absolute Gasteiger partial charge is 0.378 e. The van der Waals surface area contributed by atoms with Gasteiger partial charge in [-0.2, -0.15) is 20.2 Å². The molecule has 0 spiro atoms. The zero-order valence-electron chi connectivity index (χ0n) is 14.3. The number of nitrogens with zero attached hydrogens (tertiary/aromatic N) is 7. The Morgan fingerprint density at radius 2 is 1.46 bits per heavy atom. The van der Waals surface area contributed by atoms with Crippen LogP contribution in [0.4, 0.5) is 11.9 Å². The number of aromatic nitrogens is 4. The second-order valence-corrected chi connectivity index (χ2v) is 6.00. The lowest BCUT2D eigenvalue weighted by atomic mass is 10.2. The highest BCUT2D eigenvalue weighted by Gasteiger charge is 2.21. The van der Waals surface area contributed by atoms with E-state index < -0.39 is 0 Å². The number of hydrogen-bond donors (Lipinski definition) is 0. The van der Waals surface area contributed by atoms with Crippen molar-refractivity contribution in [3.63, 3.8) is 0 Å². The lowest BCUT2D eigenvalue weighted by molar-refractivity contribution is 0.121. The van der Waals surface area contributed by atoms with Gasteiger partial charge >= 0.3 is 0 Å². The number of hydrogen-bond acceptors (Lipinski definition) is 9. The van der Waals surface area contributed by atoms with Crippen LogP contribution in [0.15, 0.2) is 18.3 Å². The summed E-state index contributed by atoms with van der Waals surface area (Å²) in [6, 6.07) is 5.49. The van der Waals surface area contributed by atoms with Gasteiger partial charge < -0.3 is 19.3 Å². The van der Waals surface area contributed by atoms with Crippen LogP contribution < -0.4 is 9.80 Å². The SMILES string of the molecule is N#Cc1ccnc(-c2nc(N3CCOCC3)nc(N3CCOCC3)n2)c1. The molecule has 0 atom stereocenters. The molecule has 9 nitrogen and oxygen atoms in total. The van der Waals surface area contributed by atoms with Crippen LogP contribution in [0.5, 0.6) is 0 Å². The van der Waals surface area contributed by atoms with Gasteiger partial charge in [0.15, 0.2) is 5.82 Å². The molecule has 2 aliphatic rings. The van der Waals surface area contributed by atoms with Gasteiger partial charge in [-0.25, -0.2) is 0 Å². The summed E-state index contributed by atoms with van der Waals surface area (Å²) in [7, 11) is 0. The van der Waals surface area contributed by atoms with Crippen molar-refractivity contribution < 1.29 is 9.47 Å². The normalized spacial score (nSPS) is 17.8. The molecule has 26 heavy (non-hydrogen) atoms. The summed E-state index contributed by atoms with van der Waals surface area (Å²) in [6.45, 7) is 5.53. The minimum absolute atomic E-state index is 0.472. The van der Waals surface area contributed by atoms with E-state index in [0.717, 1.165) is 26.2 Å². The molecule has 134 valence electrons. The lowest BCUT2D eigenvalue weighted by Crippen LogP contribution is -2.40. The van der Waals surface area contributed by atoms with E-state index in [-0.39, 0.29) is 0 Å². The first-order chi connectivity index (χ1) is 12.8. The fourth-order valence-corrected chi connectivity index (χ4v) is 2.90. The number of ether oxygens (including phenoxy) is 2. The van der Waals surface area contributed by atoms with E-state index in [1.807, 2.05) is 0 Å². The molecule has 2 saturated heterocycles. The Balaban J connectivity index is 1.75. The predicted octanol–water partition coefficient (Wildman–Crippen LogP) is 0.478. The Labute approximate surface area is 151 Å². The lowest BCUT2D eigenvalue weighted by Gasteiger charge is -2.30. The number of nitriles is 1. The molecule has 0 radical (unpaired) electrons. The molecule has 2 aliphatic heterocycles. The van der Waals surface area contributed by atoms with Gasteiger partial charge in [0.25, 0.3) is 0 Å². The highest BCUT2D eigenvalue weighted by molar-refractivity contribution is 5.56. The highest BCUT2D eigenvalue weighted by Crippen LogP contribution is 2.22. The van der Waals surface area contributed by atoms with Crippen molar-refractivity contribution in [2.24, 2.45) is 0 Å². The third-order valence-electron chi connectivity index (χ3n) is 4.32. The van der Waals surface area contributed by atoms with Gasteiger partial charge in [0.05, 0.1) is 38.1 Å². The summed E-state index contributed by atoms with van der Waals surface area (Å²) in [5, 5.41) is 9.15. The molecule has 0 bridgehead atoms. The van der Waals surface area contributed by atoms with Crippen molar-refractivity contribution in [3.8, 4) is 17.6 Å². The molecule has 0 saturated carbocycles. The Morgan fingerprint density at radius 1 is 0.885 bits per heavy atom. The van der Waals surface area contributed by atoms with Crippen LogP contribution in [0.25, 0.3) is 11.5 Å². The second kappa shape index (κ2) is 7.59. The van der Waals surface area contributed by atoms with E-state index in [1.54, 1.807) is 18.3 Å². The summed E-state index contributed by atoms with van der Waals surface area (Å²) in [5.41, 5.74) is 1.09. The van der Waals surface area contributed by atoms with Crippen molar-refractivity contribution >= 4 is 11.9 Å². The molecular weight excluding hydrogens is 334 g/mol. The first kappa shape index (κ1) is 16.6. The predicted molar refractivity (Wildman–Crippen MR) is 93.8 cm³/mol. The summed E-state index contributed by atoms with van der Waals surface area (Å²) in [4.78, 5) is 22.4. The number of anilines is 2. The highest BCUT2D eigenvalue weighted by atomic mass is 16.5. The molecule has 0 aromatic carbocycles. The van der Waals surface area contributed by atoms with Gasteiger partial charge in [-0.1, -0.05) is 0 Å². The van der Waals surface area contributed by atoms with Gasteiger partial charge in [0.1, 0.15) is 5.69 Å². The van der Waals surface area contributed by atoms with Crippen LogP contribution >= 0.6 is 0 Å². The van der Waals surface area contributed by atoms with Crippen LogP contribution in [0.1, 0.15) is 5.56 Å². The Morgan fingerprint density at radius 3 is 2.00 bits per heavy atom. The van der Waals surface area contributed by atoms with E-state index in [1.165, 1.54) is 0 Å². The van der Waals surface area contributed by atoms with Gasteiger partial charge in [-0.15, -0.1) is 0 Å². The monoisotopic (exact) mass is 353 g/mol. The smallest absolute Gasteiger partial charge is 0.230 e. The van der Waals surface area contributed by atoms with Crippen LogP contribution in [-0.4, -0.2) is 72.5 Å². The van der Waals surface area contributed by atoms with E-state index in [4.69, 9.17) is 14.7 Å². The van der Waals surface area contributed by atoms with Gasteiger partial charge in [-0.05, 0) is 12.1 Å². The zero-order valence-corrected chi connectivity index (χ0v) is 14.3. The van der Waals surface area contributed by atoms with E-state index in [2.05, 4.69) is 35.8 Å². The topological polar surface area (TPSA) is 100 Å². The summed E-state index contributed by atoms with van der Waals surface area (Å²) >= 11 is 0. The van der Waals surface area contributed by atoms with Crippen molar-refractivity contribution in [1.29, 1.82) is 5.26 Å². The Bertz CT molecular complexity index is 775. The van der Waals surface area contributed by atoms with Crippen LogP contribution in [0.2, 0.25) is 0 Å². The average Bonchev–Trinajstić information content (AvgIpc) is 2.75. The molecule has 4 rings (SSSR count). The maximum Gasteiger partial charge on any atom is 0.230 e. The molecule has 4 heterocycles. The van der Waals surface area contributed by atoms with Crippen LogP contribution in [0, 0.1) is 11.3 Å². The Kier molecular flexibility index (Phi) is 4.86. The van der Waals surface area contributed by atoms with Crippen molar-refractivity contribution in [2.45, 2.75) is 0 Å². The molecule has 0 unspecified atom stereocenters. The van der Waals surface area contributed by atoms with Crippen molar-refractivity contribution in [2.75, 3.05) is 62.4 Å². The molecule has 2 aromatic heterocycles. The van der Waals surface area contributed by atoms with E-state index in [0.29, 0.717) is 55.4 Å². The molecule has 9 heteroatoms. The third kappa shape index (κ3) is 3.56. The Hall–Kier alpha value is -2.83. The first-order valence-corrected chi connectivity index (χ1v) is 8.61. The van der Waals surface area contributed by atoms with Gasteiger partial charge in [-0.3, -0.25) is 4.98 Å². The fraction of sp³-hybridized carbons (Fsp3) is 0.471. The number of rotatable bonds is 3. The second-order valence-electron chi connectivity index (χ2n) is 6.00. The summed E-state index contributed by atoms with van der Waals surface area (Å²) in [6.07, 6.45) is 1.60. The molecule has 0 amide bonds. The van der Waals surface area contributed by atoms with E-state index in [9.17, 15) is 0 Å². The van der Waals surface area contributed by atoms with Crippen molar-refractivity contribution in [1.82, 2.24) is 19.9 Å². The van der Waals surface area contributed by atoms with Gasteiger partial charge in [0.2, 0.25) is 11.9 Å². The van der Waals surface area contributed by atoms with Crippen molar-refractivity contribution in [3.05, 3.63) is 23.9 Å². The maximum atomic E-state index is 9.15. The molecule has 0 aliphatic carbocycles. The molecular formula is C17H19N7O2. The van der Waals surface area contributed by atoms with Crippen LogP contribution in [-0.2, 0) is 9.47 Å². The average molecular weight is 353 g/mol. The summed E-state index contributed by atoms with van der Waals surface area (Å²) in [5.74, 6) is 1.70. The quantitative estimate of drug-likeness (QED) is 0.779. The molecule has 2 fully saturated rings. The standard InChI is InChI=1S/C17H19N7O2/c18-12-13-1-2-19-14(11-13)15-20-16(23-3-7-25-8-4-23)22-17(21-15)24-5-9-26-10-6-24/h1-2,11H,3-10H2. The minimum atomic E-state index is 0.472. The first-order valence-electron chi connectivity index (χ1n) is 8.61. The molecule has 0 N–H and O–H groups in total. The maximum absolute atomic E-state index is 9.15. The van der Waals surface area contributed by atoms with Crippen LogP contribution in [0.3, 0.4) is 0 Å². The zero-order chi connectivity index (χ0) is 17.8.